The summed E-state index contributed by atoms with van der Waals surface area (Å²) in [5.74, 6) is 0.340. The first-order valence-corrected chi connectivity index (χ1v) is 15.7. The van der Waals surface area contributed by atoms with Gasteiger partial charge in [0.2, 0.25) is 0 Å². The average Bonchev–Trinajstić information content (AvgIpc) is 3.81. The van der Waals surface area contributed by atoms with E-state index in [4.69, 9.17) is 33.3 Å². The van der Waals surface area contributed by atoms with Crippen molar-refractivity contribution in [1.29, 1.82) is 0 Å². The smallest absolute Gasteiger partial charge is 0.162 e. The fraction of sp³-hybridized carbons (Fsp3) is 0.848. The molecule has 2 spiro atoms. The van der Waals surface area contributed by atoms with Crippen LogP contribution in [0.3, 0.4) is 0 Å². The molecule has 4 saturated heterocycles. The second-order valence-corrected chi connectivity index (χ2v) is 13.9. The van der Waals surface area contributed by atoms with Gasteiger partial charge in [-0.25, -0.2) is 0 Å². The molecule has 0 aromatic heterocycles. The molecular formula is C33H53NO9. The van der Waals surface area contributed by atoms with Gasteiger partial charge in [-0.2, -0.15) is 4.91 Å². The van der Waals surface area contributed by atoms with Gasteiger partial charge in [0.05, 0.1) is 62.1 Å². The first kappa shape index (κ1) is 34.3. The number of aliphatic hydroxyl groups is 1. The summed E-state index contributed by atoms with van der Waals surface area (Å²) in [6, 6.07) is 0. The molecule has 244 valence electrons. The number of rotatable bonds is 8. The third-order valence-electron chi connectivity index (χ3n) is 10.3. The normalized spacial score (nSPS) is 45.2. The quantitative estimate of drug-likeness (QED) is 0.237. The second kappa shape index (κ2) is 13.1. The minimum atomic E-state index is -0.412. The van der Waals surface area contributed by atoms with Crippen molar-refractivity contribution in [2.45, 2.75) is 133 Å². The Morgan fingerprint density at radius 2 is 1.37 bits per heavy atom. The van der Waals surface area contributed by atoms with Gasteiger partial charge in [0.15, 0.2) is 5.78 Å². The first-order valence-electron chi connectivity index (χ1n) is 15.7. The Morgan fingerprint density at radius 3 is 1.79 bits per heavy atom. The van der Waals surface area contributed by atoms with Crippen LogP contribution < -0.4 is 0 Å². The van der Waals surface area contributed by atoms with E-state index in [1.807, 2.05) is 0 Å². The molecule has 0 aromatic carbocycles. The van der Waals surface area contributed by atoms with Gasteiger partial charge in [0, 0.05) is 20.6 Å². The van der Waals surface area contributed by atoms with Crippen molar-refractivity contribution in [3.05, 3.63) is 28.2 Å². The van der Waals surface area contributed by atoms with Crippen molar-refractivity contribution < 1.29 is 38.3 Å². The Morgan fingerprint density at radius 1 is 0.907 bits per heavy atom. The zero-order valence-corrected chi connectivity index (χ0v) is 27.5. The number of epoxide rings is 4. The fourth-order valence-corrected chi connectivity index (χ4v) is 7.73. The molecule has 0 bridgehead atoms. The van der Waals surface area contributed by atoms with Crippen LogP contribution in [0.25, 0.3) is 0 Å². The molecule has 0 aromatic rings. The monoisotopic (exact) mass is 607 g/mol. The molecule has 6 fully saturated rings. The lowest BCUT2D eigenvalue weighted by molar-refractivity contribution is -0.142. The highest BCUT2D eigenvalue weighted by Gasteiger charge is 2.73. The Balaban J connectivity index is 0.000000181. The standard InChI is InChI=1S/C16H26O4.C16H24O4.CH3NO/c2*1-10(2)5-6-12-15(3,20-12)14-13(18-4)11(17)7-8-16(14)9-19-16;1-2-3/h5,11-14,17H,6-9H2,1-4H3;5,12-14H,6-9H2,1-4H3;1H3/t11?,12-,13-,14?,15-,16+;12-,13-,14?,15-,16+;/m11./s1. The number of nitrogens with zero attached hydrogens (tertiary/aromatic N) is 1. The predicted molar refractivity (Wildman–Crippen MR) is 162 cm³/mol. The van der Waals surface area contributed by atoms with Gasteiger partial charge in [0.1, 0.15) is 22.9 Å². The maximum absolute atomic E-state index is 12.2. The summed E-state index contributed by atoms with van der Waals surface area (Å²) in [6.07, 6.45) is 8.68. The number of ketones is 1. The summed E-state index contributed by atoms with van der Waals surface area (Å²) in [5, 5.41) is 12.5. The minimum Gasteiger partial charge on any atom is -0.390 e. The maximum Gasteiger partial charge on any atom is 0.162 e. The number of carbonyl (C=O) groups excluding carboxylic acids is 1. The van der Waals surface area contributed by atoms with Crippen molar-refractivity contribution in [2.75, 3.05) is 34.5 Å². The topological polar surface area (TPSA) is 135 Å². The van der Waals surface area contributed by atoms with Crippen LogP contribution in [0.5, 0.6) is 0 Å². The molecule has 2 aliphatic carbocycles. The van der Waals surface area contributed by atoms with E-state index in [1.54, 1.807) is 14.2 Å². The average molecular weight is 608 g/mol. The van der Waals surface area contributed by atoms with Gasteiger partial charge in [0.25, 0.3) is 0 Å². The lowest BCUT2D eigenvalue weighted by Crippen LogP contribution is -2.54. The van der Waals surface area contributed by atoms with Crippen LogP contribution >= 0.6 is 0 Å². The molecule has 1 N–H and O–H groups in total. The highest BCUT2D eigenvalue weighted by atomic mass is 16.6. The molecule has 10 heteroatoms. The van der Waals surface area contributed by atoms with E-state index in [0.717, 1.165) is 45.3 Å². The summed E-state index contributed by atoms with van der Waals surface area (Å²) in [5.41, 5.74) is 1.79. The highest BCUT2D eigenvalue weighted by Crippen LogP contribution is 2.60. The van der Waals surface area contributed by atoms with Gasteiger partial charge in [-0.3, -0.25) is 4.79 Å². The van der Waals surface area contributed by atoms with Crippen molar-refractivity contribution in [1.82, 2.24) is 0 Å². The molecule has 0 amide bonds. The lowest BCUT2D eigenvalue weighted by Gasteiger charge is -2.41. The lowest BCUT2D eigenvalue weighted by atomic mass is 9.68. The van der Waals surface area contributed by atoms with Crippen LogP contribution in [0.1, 0.15) is 80.1 Å². The summed E-state index contributed by atoms with van der Waals surface area (Å²) >= 11 is 0. The molecule has 6 rings (SSSR count). The number of methoxy groups -OCH3 is 2. The van der Waals surface area contributed by atoms with Crippen LogP contribution in [0.4, 0.5) is 0 Å². The number of ether oxygens (including phenoxy) is 6. The largest absolute Gasteiger partial charge is 0.390 e. The zero-order valence-electron chi connectivity index (χ0n) is 27.5. The number of carbonyl (C=O) groups is 1. The Kier molecular flexibility index (Phi) is 10.4. The summed E-state index contributed by atoms with van der Waals surface area (Å²) in [4.78, 5) is 20.7. The van der Waals surface area contributed by atoms with Crippen molar-refractivity contribution in [3.63, 3.8) is 0 Å². The number of allylic oxidation sites excluding steroid dienone is 2. The summed E-state index contributed by atoms with van der Waals surface area (Å²) < 4.78 is 34.7. The van der Waals surface area contributed by atoms with E-state index < -0.39 is 6.10 Å². The number of aliphatic hydroxyl groups excluding tert-OH is 1. The Hall–Kier alpha value is -1.53. The van der Waals surface area contributed by atoms with E-state index in [-0.39, 0.29) is 64.4 Å². The molecule has 11 atom stereocenters. The van der Waals surface area contributed by atoms with Crippen molar-refractivity contribution in [2.24, 2.45) is 17.0 Å². The number of hydrogen-bond donors (Lipinski definition) is 1. The molecule has 6 aliphatic rings. The molecule has 4 aliphatic heterocycles. The van der Waals surface area contributed by atoms with Gasteiger partial charge in [-0.1, -0.05) is 28.5 Å². The maximum atomic E-state index is 12.2. The SMILES string of the molecule is CN=O.CO[C@@H]1C(=O)CC[C@]2(CO2)C1[C@]1(C)O[C@@H]1CC=C(C)C.CO[C@@H]1C(O)CC[C@]2(CO2)C1[C@]1(C)O[C@@H]1CC=C(C)C. The number of Topliss-reactive ketones (excluding diaryl/α,β-unsaturated/α-hetero) is 1. The highest BCUT2D eigenvalue weighted by molar-refractivity contribution is 5.85. The number of hydrogen-bond acceptors (Lipinski definition) is 10. The molecule has 2 saturated carbocycles. The fourth-order valence-electron chi connectivity index (χ4n) is 7.73. The summed E-state index contributed by atoms with van der Waals surface area (Å²) in [7, 11) is 4.49. The van der Waals surface area contributed by atoms with E-state index in [9.17, 15) is 9.90 Å². The molecule has 10 nitrogen and oxygen atoms in total. The van der Waals surface area contributed by atoms with Crippen LogP contribution in [-0.4, -0.2) is 98.3 Å². The molecule has 0 radical (unpaired) electrons. The predicted octanol–water partition coefficient (Wildman–Crippen LogP) is 4.70. The van der Waals surface area contributed by atoms with Crippen LogP contribution in [-0.2, 0) is 33.2 Å². The minimum absolute atomic E-state index is 0.0248. The summed E-state index contributed by atoms with van der Waals surface area (Å²) in [6.45, 7) is 14.2. The third-order valence-corrected chi connectivity index (χ3v) is 10.3. The Bertz CT molecular complexity index is 1070. The second-order valence-electron chi connectivity index (χ2n) is 13.9. The van der Waals surface area contributed by atoms with Gasteiger partial charge < -0.3 is 33.5 Å². The van der Waals surface area contributed by atoms with Crippen molar-refractivity contribution in [3.8, 4) is 0 Å². The van der Waals surface area contributed by atoms with Crippen LogP contribution in [0.2, 0.25) is 0 Å². The van der Waals surface area contributed by atoms with Gasteiger partial charge in [-0.05, 0) is 73.6 Å². The zero-order chi connectivity index (χ0) is 31.8. The number of nitroso groups, excluding NO2 is 1. The van der Waals surface area contributed by atoms with Crippen LogP contribution in [0.15, 0.2) is 28.5 Å². The van der Waals surface area contributed by atoms with Crippen molar-refractivity contribution >= 4 is 5.78 Å². The van der Waals surface area contributed by atoms with Crippen LogP contribution in [0, 0.1) is 16.7 Å². The van der Waals surface area contributed by atoms with E-state index >= 15 is 0 Å². The van der Waals surface area contributed by atoms with Gasteiger partial charge >= 0.3 is 0 Å². The molecular weight excluding hydrogens is 554 g/mol. The third kappa shape index (κ3) is 7.00. The molecule has 43 heavy (non-hydrogen) atoms. The van der Waals surface area contributed by atoms with E-state index in [1.165, 1.54) is 18.2 Å². The molecule has 3 unspecified atom stereocenters. The Labute approximate surface area is 256 Å². The van der Waals surface area contributed by atoms with Gasteiger partial charge in [-0.15, -0.1) is 0 Å². The van der Waals surface area contributed by atoms with E-state index in [2.05, 4.69) is 58.9 Å². The molecule has 4 heterocycles. The van der Waals surface area contributed by atoms with E-state index in [0.29, 0.717) is 6.42 Å². The first-order chi connectivity index (χ1) is 20.3.